The molecule has 0 bridgehead atoms. The van der Waals surface area contributed by atoms with Gasteiger partial charge in [-0.15, -0.1) is 0 Å². The van der Waals surface area contributed by atoms with E-state index in [0.717, 1.165) is 18.1 Å². The SMILES string of the molecule is Clc1ccc([C@@H](c2ccccc2)C2CCNCC2)cc1. The number of rotatable bonds is 3. The predicted molar refractivity (Wildman–Crippen MR) is 85.3 cm³/mol. The molecule has 1 saturated heterocycles. The summed E-state index contributed by atoms with van der Waals surface area (Å²) in [5.41, 5.74) is 2.80. The van der Waals surface area contributed by atoms with E-state index in [1.165, 1.54) is 24.0 Å². The molecule has 1 heterocycles. The smallest absolute Gasteiger partial charge is 0.0406 e. The molecule has 0 amide bonds. The lowest BCUT2D eigenvalue weighted by molar-refractivity contribution is 0.342. The fraction of sp³-hybridized carbons (Fsp3) is 0.333. The Morgan fingerprint density at radius 1 is 0.850 bits per heavy atom. The van der Waals surface area contributed by atoms with Gasteiger partial charge in [-0.1, -0.05) is 54.1 Å². The van der Waals surface area contributed by atoms with E-state index < -0.39 is 0 Å². The second-order valence-electron chi connectivity index (χ2n) is 5.53. The highest BCUT2D eigenvalue weighted by Gasteiger charge is 2.26. The zero-order valence-corrected chi connectivity index (χ0v) is 12.3. The Bertz CT molecular complexity index is 529. The minimum atomic E-state index is 0.482. The van der Waals surface area contributed by atoms with Gasteiger partial charge in [0.2, 0.25) is 0 Å². The molecular weight excluding hydrogens is 266 g/mol. The number of hydrogen-bond donors (Lipinski definition) is 1. The van der Waals surface area contributed by atoms with E-state index in [4.69, 9.17) is 11.6 Å². The summed E-state index contributed by atoms with van der Waals surface area (Å²) in [7, 11) is 0. The topological polar surface area (TPSA) is 12.0 Å². The number of nitrogens with one attached hydrogen (secondary N) is 1. The molecule has 0 unspecified atom stereocenters. The van der Waals surface area contributed by atoms with Gasteiger partial charge < -0.3 is 5.32 Å². The van der Waals surface area contributed by atoms with Crippen molar-refractivity contribution in [2.24, 2.45) is 5.92 Å². The Morgan fingerprint density at radius 3 is 2.10 bits per heavy atom. The van der Waals surface area contributed by atoms with E-state index in [2.05, 4.69) is 47.8 Å². The summed E-state index contributed by atoms with van der Waals surface area (Å²) in [5, 5.41) is 4.27. The summed E-state index contributed by atoms with van der Waals surface area (Å²) in [6.45, 7) is 2.25. The van der Waals surface area contributed by atoms with Gasteiger partial charge in [-0.25, -0.2) is 0 Å². The molecule has 0 saturated carbocycles. The van der Waals surface area contributed by atoms with Crippen molar-refractivity contribution in [1.82, 2.24) is 5.32 Å². The summed E-state index contributed by atoms with van der Waals surface area (Å²) in [6, 6.07) is 19.2. The third-order valence-corrected chi connectivity index (χ3v) is 4.50. The minimum Gasteiger partial charge on any atom is -0.317 e. The second-order valence-corrected chi connectivity index (χ2v) is 5.96. The van der Waals surface area contributed by atoms with Gasteiger partial charge >= 0.3 is 0 Å². The van der Waals surface area contributed by atoms with Crippen LogP contribution in [0.5, 0.6) is 0 Å². The van der Waals surface area contributed by atoms with Gasteiger partial charge in [-0.3, -0.25) is 0 Å². The molecule has 2 heteroatoms. The maximum atomic E-state index is 6.04. The van der Waals surface area contributed by atoms with Gasteiger partial charge in [-0.2, -0.15) is 0 Å². The second kappa shape index (κ2) is 6.43. The van der Waals surface area contributed by atoms with Crippen LogP contribution in [0.15, 0.2) is 54.6 Å². The van der Waals surface area contributed by atoms with Gasteiger partial charge in [0.1, 0.15) is 0 Å². The van der Waals surface area contributed by atoms with Crippen LogP contribution < -0.4 is 5.32 Å². The first kappa shape index (κ1) is 13.7. The molecule has 0 aliphatic carbocycles. The number of halogens is 1. The highest BCUT2D eigenvalue weighted by Crippen LogP contribution is 2.37. The van der Waals surface area contributed by atoms with Gasteiger partial charge in [0.15, 0.2) is 0 Å². The van der Waals surface area contributed by atoms with E-state index in [9.17, 15) is 0 Å². The average molecular weight is 286 g/mol. The van der Waals surface area contributed by atoms with E-state index in [-0.39, 0.29) is 0 Å². The molecule has 104 valence electrons. The lowest BCUT2D eigenvalue weighted by Crippen LogP contribution is -2.31. The summed E-state index contributed by atoms with van der Waals surface area (Å²) in [4.78, 5) is 0. The number of piperidine rings is 1. The number of hydrogen-bond acceptors (Lipinski definition) is 1. The van der Waals surface area contributed by atoms with Gasteiger partial charge in [0, 0.05) is 10.9 Å². The van der Waals surface area contributed by atoms with Crippen molar-refractivity contribution in [2.45, 2.75) is 18.8 Å². The first-order valence-corrected chi connectivity index (χ1v) is 7.73. The summed E-state index contributed by atoms with van der Waals surface area (Å²) < 4.78 is 0. The van der Waals surface area contributed by atoms with Crippen LogP contribution in [0.2, 0.25) is 5.02 Å². The predicted octanol–water partition coefficient (Wildman–Crippen LogP) is 4.47. The Hall–Kier alpha value is -1.31. The molecule has 1 atom stereocenters. The molecule has 0 aromatic heterocycles. The number of benzene rings is 2. The van der Waals surface area contributed by atoms with Crippen LogP contribution in [-0.2, 0) is 0 Å². The van der Waals surface area contributed by atoms with E-state index in [0.29, 0.717) is 11.8 Å². The van der Waals surface area contributed by atoms with Crippen LogP contribution in [0.3, 0.4) is 0 Å². The van der Waals surface area contributed by atoms with Crippen LogP contribution in [0, 0.1) is 5.92 Å². The lowest BCUT2D eigenvalue weighted by Gasteiger charge is -2.31. The molecule has 0 radical (unpaired) electrons. The van der Waals surface area contributed by atoms with Crippen molar-refractivity contribution in [1.29, 1.82) is 0 Å². The van der Waals surface area contributed by atoms with Gasteiger partial charge in [0.25, 0.3) is 0 Å². The molecule has 0 spiro atoms. The molecule has 20 heavy (non-hydrogen) atoms. The van der Waals surface area contributed by atoms with Crippen molar-refractivity contribution < 1.29 is 0 Å². The Balaban J connectivity index is 1.96. The third kappa shape index (κ3) is 3.05. The highest BCUT2D eigenvalue weighted by atomic mass is 35.5. The Morgan fingerprint density at radius 2 is 1.45 bits per heavy atom. The third-order valence-electron chi connectivity index (χ3n) is 4.24. The standard InChI is InChI=1S/C18H20ClN/c19-17-8-6-15(7-9-17)18(14-4-2-1-3-5-14)16-10-12-20-13-11-16/h1-9,16,18,20H,10-13H2/t18-/m1/s1. The van der Waals surface area contributed by atoms with Crippen molar-refractivity contribution in [3.05, 3.63) is 70.7 Å². The highest BCUT2D eigenvalue weighted by molar-refractivity contribution is 6.30. The van der Waals surface area contributed by atoms with Crippen molar-refractivity contribution in [3.63, 3.8) is 0 Å². The van der Waals surface area contributed by atoms with E-state index in [1.54, 1.807) is 0 Å². The zero-order valence-electron chi connectivity index (χ0n) is 11.6. The largest absolute Gasteiger partial charge is 0.317 e. The maximum absolute atomic E-state index is 6.04. The zero-order chi connectivity index (χ0) is 13.8. The molecule has 2 aromatic carbocycles. The molecule has 1 aliphatic rings. The van der Waals surface area contributed by atoms with Crippen molar-refractivity contribution >= 4 is 11.6 Å². The van der Waals surface area contributed by atoms with Gasteiger partial charge in [-0.05, 0) is 55.1 Å². The summed E-state index contributed by atoms with van der Waals surface area (Å²) in [6.07, 6.45) is 2.48. The average Bonchev–Trinajstić information content (AvgIpc) is 2.52. The Labute approximate surface area is 126 Å². The first-order chi connectivity index (χ1) is 9.84. The molecular formula is C18H20ClN. The monoisotopic (exact) mass is 285 g/mol. The molecule has 1 aliphatic heterocycles. The van der Waals surface area contributed by atoms with Crippen LogP contribution in [-0.4, -0.2) is 13.1 Å². The Kier molecular flexibility index (Phi) is 4.39. The van der Waals surface area contributed by atoms with E-state index >= 15 is 0 Å². The molecule has 1 nitrogen and oxygen atoms in total. The van der Waals surface area contributed by atoms with Crippen LogP contribution in [0.4, 0.5) is 0 Å². The fourth-order valence-electron chi connectivity index (χ4n) is 3.24. The quantitative estimate of drug-likeness (QED) is 0.877. The molecule has 2 aromatic rings. The lowest BCUT2D eigenvalue weighted by atomic mass is 9.76. The summed E-state index contributed by atoms with van der Waals surface area (Å²) in [5.74, 6) is 1.19. The van der Waals surface area contributed by atoms with Crippen LogP contribution in [0.25, 0.3) is 0 Å². The fourth-order valence-corrected chi connectivity index (χ4v) is 3.37. The van der Waals surface area contributed by atoms with Crippen LogP contribution >= 0.6 is 11.6 Å². The minimum absolute atomic E-state index is 0.482. The molecule has 1 N–H and O–H groups in total. The normalized spacial score (nSPS) is 17.9. The van der Waals surface area contributed by atoms with E-state index in [1.807, 2.05) is 12.1 Å². The first-order valence-electron chi connectivity index (χ1n) is 7.36. The van der Waals surface area contributed by atoms with Crippen molar-refractivity contribution in [2.75, 3.05) is 13.1 Å². The molecule has 3 rings (SSSR count). The molecule has 1 fully saturated rings. The van der Waals surface area contributed by atoms with Gasteiger partial charge in [0.05, 0.1) is 0 Å². The maximum Gasteiger partial charge on any atom is 0.0406 e. The summed E-state index contributed by atoms with van der Waals surface area (Å²) >= 11 is 6.04. The van der Waals surface area contributed by atoms with Crippen LogP contribution in [0.1, 0.15) is 29.9 Å². The van der Waals surface area contributed by atoms with Crippen molar-refractivity contribution in [3.8, 4) is 0 Å².